The van der Waals surface area contributed by atoms with Gasteiger partial charge in [-0.25, -0.2) is 8.42 Å². The first kappa shape index (κ1) is 19.9. The number of amides is 1. The highest BCUT2D eigenvalue weighted by Gasteiger charge is 2.30. The fourth-order valence-corrected chi connectivity index (χ4v) is 4.68. The molecule has 0 heterocycles. The van der Waals surface area contributed by atoms with Gasteiger partial charge < -0.3 is 4.90 Å². The number of aryl methyl sites for hydroxylation is 1. The fraction of sp³-hybridized carbons (Fsp3) is 0.632. The minimum atomic E-state index is -3.42. The zero-order chi connectivity index (χ0) is 18.4. The monoisotopic (exact) mass is 366 g/mol. The van der Waals surface area contributed by atoms with Gasteiger partial charge in [-0.05, 0) is 44.4 Å². The molecule has 1 amide bonds. The minimum absolute atomic E-state index is 0.0577. The number of hydrogen-bond donors (Lipinski definition) is 0. The normalized spacial score (nSPS) is 16.6. The number of benzene rings is 1. The molecule has 6 heteroatoms. The molecule has 0 saturated heterocycles. The van der Waals surface area contributed by atoms with Crippen molar-refractivity contribution in [3.8, 4) is 0 Å². The molecule has 1 fully saturated rings. The summed E-state index contributed by atoms with van der Waals surface area (Å²) in [5, 5.41) is 0. The van der Waals surface area contributed by atoms with E-state index in [1.165, 1.54) is 10.6 Å². The molecule has 0 N–H and O–H groups in total. The maximum atomic E-state index is 12.9. The van der Waals surface area contributed by atoms with Crippen LogP contribution >= 0.6 is 0 Å². The summed E-state index contributed by atoms with van der Waals surface area (Å²) < 4.78 is 26.1. The van der Waals surface area contributed by atoms with Gasteiger partial charge in [0.2, 0.25) is 15.9 Å². The molecule has 0 aromatic heterocycles. The second kappa shape index (κ2) is 8.81. The molecule has 1 aromatic rings. The van der Waals surface area contributed by atoms with Gasteiger partial charge >= 0.3 is 0 Å². The summed E-state index contributed by atoms with van der Waals surface area (Å²) in [6, 6.07) is 7.69. The van der Waals surface area contributed by atoms with Gasteiger partial charge in [-0.2, -0.15) is 4.31 Å². The van der Waals surface area contributed by atoms with E-state index in [1.807, 2.05) is 38.1 Å². The van der Waals surface area contributed by atoms with Crippen LogP contribution in [0.5, 0.6) is 0 Å². The minimum Gasteiger partial charge on any atom is -0.312 e. The van der Waals surface area contributed by atoms with Crippen LogP contribution < -0.4 is 4.90 Å². The number of carbonyl (C=O) groups excluding carboxylic acids is 1. The second-order valence-electron chi connectivity index (χ2n) is 6.93. The molecule has 0 spiro atoms. The van der Waals surface area contributed by atoms with Crippen LogP contribution in [0.2, 0.25) is 0 Å². The first-order valence-corrected chi connectivity index (χ1v) is 11.0. The maximum Gasteiger partial charge on any atom is 0.242 e. The summed E-state index contributed by atoms with van der Waals surface area (Å²) in [7, 11) is -3.42. The van der Waals surface area contributed by atoms with Crippen molar-refractivity contribution in [3.05, 3.63) is 29.8 Å². The van der Waals surface area contributed by atoms with E-state index in [0.717, 1.165) is 49.8 Å². The molecule has 25 heavy (non-hydrogen) atoms. The van der Waals surface area contributed by atoms with Crippen LogP contribution in [0.3, 0.4) is 0 Å². The molecule has 1 aliphatic rings. The topological polar surface area (TPSA) is 57.7 Å². The Kier molecular flexibility index (Phi) is 7.02. The Morgan fingerprint density at radius 2 is 1.80 bits per heavy atom. The summed E-state index contributed by atoms with van der Waals surface area (Å²) in [4.78, 5) is 14.6. The van der Waals surface area contributed by atoms with Crippen molar-refractivity contribution in [1.82, 2.24) is 4.31 Å². The number of nitrogens with zero attached hydrogens (tertiary/aromatic N) is 2. The van der Waals surface area contributed by atoms with Gasteiger partial charge in [0.1, 0.15) is 0 Å². The van der Waals surface area contributed by atoms with E-state index < -0.39 is 10.0 Å². The highest BCUT2D eigenvalue weighted by Crippen LogP contribution is 2.24. The molecule has 1 aromatic carbocycles. The Balaban J connectivity index is 2.20. The van der Waals surface area contributed by atoms with E-state index >= 15 is 0 Å². The lowest BCUT2D eigenvalue weighted by Gasteiger charge is -2.31. The third kappa shape index (κ3) is 5.54. The first-order chi connectivity index (χ1) is 11.8. The number of sulfonamides is 1. The van der Waals surface area contributed by atoms with E-state index in [4.69, 9.17) is 0 Å². The summed E-state index contributed by atoms with van der Waals surface area (Å²) in [6.07, 6.45) is 7.25. The molecule has 140 valence electrons. The average molecular weight is 367 g/mol. The van der Waals surface area contributed by atoms with Crippen LogP contribution in [0.15, 0.2) is 24.3 Å². The van der Waals surface area contributed by atoms with Gasteiger partial charge in [0.15, 0.2) is 0 Å². The zero-order valence-electron chi connectivity index (χ0n) is 15.6. The van der Waals surface area contributed by atoms with E-state index in [0.29, 0.717) is 6.54 Å². The maximum absolute atomic E-state index is 12.9. The van der Waals surface area contributed by atoms with Crippen molar-refractivity contribution in [3.63, 3.8) is 0 Å². The lowest BCUT2D eigenvalue weighted by Crippen LogP contribution is -2.47. The molecular formula is C19H30N2O3S. The molecular weight excluding hydrogens is 336 g/mol. The summed E-state index contributed by atoms with van der Waals surface area (Å²) in [6.45, 7) is 4.34. The summed E-state index contributed by atoms with van der Waals surface area (Å²) in [5.74, 6) is -0.164. The second-order valence-corrected chi connectivity index (χ2v) is 8.87. The van der Waals surface area contributed by atoms with Crippen molar-refractivity contribution >= 4 is 21.6 Å². The number of anilines is 1. The molecule has 5 nitrogen and oxygen atoms in total. The molecule has 0 atom stereocenters. The number of likely N-dealkylation sites (N-methyl/N-ethyl adjacent to an activating group) is 1. The van der Waals surface area contributed by atoms with Crippen molar-refractivity contribution in [2.75, 3.05) is 24.2 Å². The van der Waals surface area contributed by atoms with E-state index in [9.17, 15) is 13.2 Å². The van der Waals surface area contributed by atoms with Gasteiger partial charge in [-0.15, -0.1) is 0 Å². The van der Waals surface area contributed by atoms with E-state index in [-0.39, 0.29) is 18.5 Å². The molecule has 2 rings (SSSR count). The average Bonchev–Trinajstić information content (AvgIpc) is 2.81. The lowest BCUT2D eigenvalue weighted by molar-refractivity contribution is -0.119. The molecule has 0 bridgehead atoms. The summed E-state index contributed by atoms with van der Waals surface area (Å²) in [5.41, 5.74) is 1.90. The molecule has 0 unspecified atom stereocenters. The van der Waals surface area contributed by atoms with Crippen LogP contribution in [-0.4, -0.2) is 44.0 Å². The molecule has 0 aliphatic heterocycles. The van der Waals surface area contributed by atoms with Crippen LogP contribution in [0.1, 0.15) is 51.0 Å². The van der Waals surface area contributed by atoms with Gasteiger partial charge in [-0.3, -0.25) is 4.79 Å². The molecule has 0 radical (unpaired) electrons. The van der Waals surface area contributed by atoms with Gasteiger partial charge in [0.25, 0.3) is 0 Å². The smallest absolute Gasteiger partial charge is 0.242 e. The van der Waals surface area contributed by atoms with Crippen LogP contribution in [0.4, 0.5) is 5.69 Å². The largest absolute Gasteiger partial charge is 0.312 e. The Morgan fingerprint density at radius 3 is 2.32 bits per heavy atom. The van der Waals surface area contributed by atoms with Crippen molar-refractivity contribution in [1.29, 1.82) is 0 Å². The Hall–Kier alpha value is -1.40. The predicted octanol–water partition coefficient (Wildman–Crippen LogP) is 3.33. The van der Waals surface area contributed by atoms with Crippen LogP contribution in [0.25, 0.3) is 0 Å². The fourth-order valence-electron chi connectivity index (χ4n) is 3.58. The van der Waals surface area contributed by atoms with Gasteiger partial charge in [0, 0.05) is 18.3 Å². The van der Waals surface area contributed by atoms with Crippen LogP contribution in [-0.2, 0) is 14.8 Å². The number of rotatable bonds is 6. The number of hydrogen-bond acceptors (Lipinski definition) is 3. The molecule has 1 saturated carbocycles. The first-order valence-electron chi connectivity index (χ1n) is 9.16. The SMILES string of the molecule is CCN(C(=O)CN(C1CCCCCC1)S(C)(=O)=O)c1cccc(C)c1. The van der Waals surface area contributed by atoms with Crippen LogP contribution in [0, 0.1) is 6.92 Å². The highest BCUT2D eigenvalue weighted by molar-refractivity contribution is 7.88. The van der Waals surface area contributed by atoms with Crippen molar-refractivity contribution in [2.24, 2.45) is 0 Å². The standard InChI is InChI=1S/C19H30N2O3S/c1-4-20(18-13-9-10-16(2)14-18)19(22)15-21(25(3,23)24)17-11-7-5-6-8-12-17/h9-10,13-14,17H,4-8,11-12,15H2,1-3H3. The third-order valence-electron chi connectivity index (χ3n) is 4.88. The quantitative estimate of drug-likeness (QED) is 0.726. The van der Waals surface area contributed by atoms with Crippen molar-refractivity contribution in [2.45, 2.75) is 58.4 Å². The molecule has 1 aliphatic carbocycles. The van der Waals surface area contributed by atoms with E-state index in [2.05, 4.69) is 0 Å². The Labute approximate surface area is 152 Å². The zero-order valence-corrected chi connectivity index (χ0v) is 16.4. The Bertz CT molecular complexity index is 680. The number of carbonyl (C=O) groups is 1. The highest BCUT2D eigenvalue weighted by atomic mass is 32.2. The lowest BCUT2D eigenvalue weighted by atomic mass is 10.1. The third-order valence-corrected chi connectivity index (χ3v) is 6.16. The Morgan fingerprint density at radius 1 is 1.16 bits per heavy atom. The van der Waals surface area contributed by atoms with Crippen molar-refractivity contribution < 1.29 is 13.2 Å². The van der Waals surface area contributed by atoms with Gasteiger partial charge in [-0.1, -0.05) is 37.8 Å². The predicted molar refractivity (Wildman–Crippen MR) is 102 cm³/mol. The summed E-state index contributed by atoms with van der Waals surface area (Å²) >= 11 is 0. The van der Waals surface area contributed by atoms with Gasteiger partial charge in [0.05, 0.1) is 12.8 Å². The van der Waals surface area contributed by atoms with E-state index in [1.54, 1.807) is 4.90 Å².